The molecular formula is C14H20N2O2. The number of anilines is 1. The molecule has 98 valence electrons. The molecule has 0 unspecified atom stereocenters. The number of hydrogen-bond acceptors (Lipinski definition) is 4. The first-order chi connectivity index (χ1) is 8.75. The summed E-state index contributed by atoms with van der Waals surface area (Å²) in [6, 6.07) is 10.5. The summed E-state index contributed by atoms with van der Waals surface area (Å²) < 4.78 is 4.96. The van der Waals surface area contributed by atoms with Gasteiger partial charge < -0.3 is 9.64 Å². The van der Waals surface area contributed by atoms with Gasteiger partial charge in [0.05, 0.1) is 0 Å². The molecule has 0 atom stereocenters. The average molecular weight is 248 g/mol. The second-order valence-corrected chi connectivity index (χ2v) is 4.50. The number of hydrogen-bond donors (Lipinski definition) is 0. The van der Waals surface area contributed by atoms with E-state index < -0.39 is 0 Å². The van der Waals surface area contributed by atoms with Crippen LogP contribution in [0.2, 0.25) is 0 Å². The molecule has 0 amide bonds. The molecule has 1 aliphatic heterocycles. The van der Waals surface area contributed by atoms with Crippen molar-refractivity contribution in [2.24, 2.45) is 0 Å². The van der Waals surface area contributed by atoms with Gasteiger partial charge in [-0.15, -0.1) is 0 Å². The smallest absolute Gasteiger partial charge is 0.302 e. The quantitative estimate of drug-likeness (QED) is 0.754. The summed E-state index contributed by atoms with van der Waals surface area (Å²) in [5, 5.41) is 0. The first kappa shape index (κ1) is 12.9. The highest BCUT2D eigenvalue weighted by Gasteiger charge is 2.16. The second kappa shape index (κ2) is 6.40. The summed E-state index contributed by atoms with van der Waals surface area (Å²) in [6.45, 7) is 6.90. The van der Waals surface area contributed by atoms with Gasteiger partial charge >= 0.3 is 5.97 Å². The van der Waals surface area contributed by atoms with E-state index in [1.807, 2.05) is 6.07 Å². The summed E-state index contributed by atoms with van der Waals surface area (Å²) in [6.07, 6.45) is 0. The fraction of sp³-hybridized carbons (Fsp3) is 0.500. The van der Waals surface area contributed by atoms with Crippen molar-refractivity contribution >= 4 is 11.7 Å². The summed E-state index contributed by atoms with van der Waals surface area (Å²) in [4.78, 5) is 15.4. The molecule has 0 aliphatic carbocycles. The van der Waals surface area contributed by atoms with Crippen LogP contribution in [0.3, 0.4) is 0 Å². The van der Waals surface area contributed by atoms with Crippen molar-refractivity contribution in [1.82, 2.24) is 4.90 Å². The maximum absolute atomic E-state index is 10.7. The van der Waals surface area contributed by atoms with Gasteiger partial charge in [-0.3, -0.25) is 9.69 Å². The van der Waals surface area contributed by atoms with Crippen molar-refractivity contribution in [1.29, 1.82) is 0 Å². The topological polar surface area (TPSA) is 32.8 Å². The van der Waals surface area contributed by atoms with Gasteiger partial charge in [-0.25, -0.2) is 0 Å². The van der Waals surface area contributed by atoms with Gasteiger partial charge in [0.2, 0.25) is 0 Å². The van der Waals surface area contributed by atoms with Crippen molar-refractivity contribution < 1.29 is 9.53 Å². The lowest BCUT2D eigenvalue weighted by molar-refractivity contribution is -0.141. The zero-order chi connectivity index (χ0) is 12.8. The monoisotopic (exact) mass is 248 g/mol. The normalized spacial score (nSPS) is 16.6. The SMILES string of the molecule is CC(=O)OCCN1CCN(c2ccccc2)CC1. The Morgan fingerprint density at radius 3 is 2.44 bits per heavy atom. The average Bonchev–Trinajstić information content (AvgIpc) is 2.40. The highest BCUT2D eigenvalue weighted by molar-refractivity contribution is 5.65. The van der Waals surface area contributed by atoms with Gasteiger partial charge in [-0.2, -0.15) is 0 Å². The Balaban J connectivity index is 1.73. The van der Waals surface area contributed by atoms with Crippen LogP contribution in [0.25, 0.3) is 0 Å². The minimum absolute atomic E-state index is 0.196. The highest BCUT2D eigenvalue weighted by Crippen LogP contribution is 2.15. The minimum atomic E-state index is -0.196. The largest absolute Gasteiger partial charge is 0.465 e. The van der Waals surface area contributed by atoms with E-state index in [0.717, 1.165) is 32.7 Å². The Hall–Kier alpha value is -1.55. The number of piperazine rings is 1. The van der Waals surface area contributed by atoms with Gasteiger partial charge in [0.1, 0.15) is 6.61 Å². The third-order valence-corrected chi connectivity index (χ3v) is 3.21. The molecule has 0 bridgehead atoms. The Bertz CT molecular complexity index is 373. The van der Waals surface area contributed by atoms with E-state index in [4.69, 9.17) is 4.74 Å². The molecule has 1 fully saturated rings. The molecule has 1 aromatic carbocycles. The van der Waals surface area contributed by atoms with Crippen LogP contribution >= 0.6 is 0 Å². The first-order valence-electron chi connectivity index (χ1n) is 6.41. The number of rotatable bonds is 4. The summed E-state index contributed by atoms with van der Waals surface area (Å²) in [7, 11) is 0. The van der Waals surface area contributed by atoms with E-state index in [1.165, 1.54) is 12.6 Å². The third kappa shape index (κ3) is 3.74. The lowest BCUT2D eigenvalue weighted by atomic mass is 10.2. The van der Waals surface area contributed by atoms with Gasteiger partial charge in [0, 0.05) is 45.3 Å². The molecule has 0 radical (unpaired) electrons. The van der Waals surface area contributed by atoms with E-state index in [0.29, 0.717) is 6.61 Å². The van der Waals surface area contributed by atoms with Crippen LogP contribution in [0.4, 0.5) is 5.69 Å². The first-order valence-corrected chi connectivity index (χ1v) is 6.41. The summed E-state index contributed by atoms with van der Waals surface area (Å²) in [5.74, 6) is -0.196. The van der Waals surface area contributed by atoms with Crippen molar-refractivity contribution in [2.45, 2.75) is 6.92 Å². The van der Waals surface area contributed by atoms with Crippen LogP contribution in [0, 0.1) is 0 Å². The Morgan fingerprint density at radius 1 is 1.17 bits per heavy atom. The molecule has 1 aliphatic rings. The molecule has 0 spiro atoms. The number of para-hydroxylation sites is 1. The Labute approximate surface area is 108 Å². The highest BCUT2D eigenvalue weighted by atomic mass is 16.5. The van der Waals surface area contributed by atoms with Crippen molar-refractivity contribution in [2.75, 3.05) is 44.2 Å². The van der Waals surface area contributed by atoms with Crippen LogP contribution in [0.1, 0.15) is 6.92 Å². The second-order valence-electron chi connectivity index (χ2n) is 4.50. The van der Waals surface area contributed by atoms with Gasteiger partial charge in [-0.05, 0) is 12.1 Å². The minimum Gasteiger partial charge on any atom is -0.465 e. The molecule has 1 saturated heterocycles. The maximum Gasteiger partial charge on any atom is 0.302 e. The van der Waals surface area contributed by atoms with E-state index in [-0.39, 0.29) is 5.97 Å². The van der Waals surface area contributed by atoms with Crippen LogP contribution in [0.5, 0.6) is 0 Å². The Morgan fingerprint density at radius 2 is 1.83 bits per heavy atom. The van der Waals surface area contributed by atoms with Crippen LogP contribution in [-0.4, -0.2) is 50.2 Å². The molecule has 18 heavy (non-hydrogen) atoms. The van der Waals surface area contributed by atoms with Gasteiger partial charge in [0.15, 0.2) is 0 Å². The van der Waals surface area contributed by atoms with Gasteiger partial charge in [0.25, 0.3) is 0 Å². The zero-order valence-electron chi connectivity index (χ0n) is 10.8. The number of carbonyl (C=O) groups is 1. The van der Waals surface area contributed by atoms with Crippen molar-refractivity contribution in [3.05, 3.63) is 30.3 Å². The number of ether oxygens (including phenoxy) is 1. The van der Waals surface area contributed by atoms with E-state index in [2.05, 4.69) is 34.1 Å². The Kier molecular flexibility index (Phi) is 4.59. The van der Waals surface area contributed by atoms with E-state index >= 15 is 0 Å². The lowest BCUT2D eigenvalue weighted by Gasteiger charge is -2.35. The summed E-state index contributed by atoms with van der Waals surface area (Å²) in [5.41, 5.74) is 1.29. The van der Waals surface area contributed by atoms with Crippen molar-refractivity contribution in [3.8, 4) is 0 Å². The molecule has 4 nitrogen and oxygen atoms in total. The molecule has 1 heterocycles. The predicted molar refractivity (Wildman–Crippen MR) is 71.7 cm³/mol. The molecule has 0 saturated carbocycles. The molecule has 0 aromatic heterocycles. The van der Waals surface area contributed by atoms with Crippen LogP contribution in [0.15, 0.2) is 30.3 Å². The lowest BCUT2D eigenvalue weighted by Crippen LogP contribution is -2.47. The molecule has 0 N–H and O–H groups in total. The predicted octanol–water partition coefficient (Wildman–Crippen LogP) is 1.37. The molecule has 1 aromatic rings. The summed E-state index contributed by atoms with van der Waals surface area (Å²) >= 11 is 0. The van der Waals surface area contributed by atoms with Gasteiger partial charge in [-0.1, -0.05) is 18.2 Å². The maximum atomic E-state index is 10.7. The molecule has 2 rings (SSSR count). The van der Waals surface area contributed by atoms with E-state index in [9.17, 15) is 4.79 Å². The fourth-order valence-corrected chi connectivity index (χ4v) is 2.19. The van der Waals surface area contributed by atoms with E-state index in [1.54, 1.807) is 0 Å². The molecule has 4 heteroatoms. The third-order valence-electron chi connectivity index (χ3n) is 3.21. The molecular weight excluding hydrogens is 228 g/mol. The number of carbonyl (C=O) groups excluding carboxylic acids is 1. The number of benzene rings is 1. The fourth-order valence-electron chi connectivity index (χ4n) is 2.19. The standard InChI is InChI=1S/C14H20N2O2/c1-13(17)18-12-11-15-7-9-16(10-8-15)14-5-3-2-4-6-14/h2-6H,7-12H2,1H3. The van der Waals surface area contributed by atoms with Crippen LogP contribution in [-0.2, 0) is 9.53 Å². The zero-order valence-corrected chi connectivity index (χ0v) is 10.8. The van der Waals surface area contributed by atoms with Crippen molar-refractivity contribution in [3.63, 3.8) is 0 Å². The number of esters is 1. The van der Waals surface area contributed by atoms with Crippen LogP contribution < -0.4 is 4.90 Å². The number of nitrogens with zero attached hydrogens (tertiary/aromatic N) is 2.